The Morgan fingerprint density at radius 1 is 1.25 bits per heavy atom. The van der Waals surface area contributed by atoms with Crippen molar-refractivity contribution in [1.29, 1.82) is 0 Å². The van der Waals surface area contributed by atoms with Crippen LogP contribution in [-0.2, 0) is 14.6 Å². The van der Waals surface area contributed by atoms with Crippen molar-refractivity contribution in [3.63, 3.8) is 0 Å². The predicted molar refractivity (Wildman–Crippen MR) is 72.7 cm³/mol. The summed E-state index contributed by atoms with van der Waals surface area (Å²) in [5, 5.41) is 2.36. The summed E-state index contributed by atoms with van der Waals surface area (Å²) in [7, 11) is -3.55. The zero-order valence-corrected chi connectivity index (χ0v) is 12.5. The van der Waals surface area contributed by atoms with Crippen molar-refractivity contribution >= 4 is 15.9 Å². The van der Waals surface area contributed by atoms with Gasteiger partial charge in [-0.3, -0.25) is 0 Å². The summed E-state index contributed by atoms with van der Waals surface area (Å²) in [5.74, 6) is -0.784. The fourth-order valence-corrected chi connectivity index (χ4v) is 2.52. The lowest BCUT2D eigenvalue weighted by molar-refractivity contribution is 0.0531. The first kappa shape index (κ1) is 16.4. The van der Waals surface area contributed by atoms with E-state index in [-0.39, 0.29) is 17.2 Å². The third kappa shape index (κ3) is 5.56. The summed E-state index contributed by atoms with van der Waals surface area (Å²) < 4.78 is 41.5. The Balaban J connectivity index is 2.53. The van der Waals surface area contributed by atoms with E-state index in [1.54, 1.807) is 20.8 Å². The van der Waals surface area contributed by atoms with Crippen molar-refractivity contribution in [1.82, 2.24) is 5.32 Å². The van der Waals surface area contributed by atoms with Gasteiger partial charge in [0.15, 0.2) is 9.84 Å². The smallest absolute Gasteiger partial charge is 0.407 e. The van der Waals surface area contributed by atoms with E-state index in [1.807, 2.05) is 0 Å². The van der Waals surface area contributed by atoms with Crippen LogP contribution in [0.4, 0.5) is 9.18 Å². The van der Waals surface area contributed by atoms with E-state index in [0.29, 0.717) is 0 Å². The molecule has 0 spiro atoms. The summed E-state index contributed by atoms with van der Waals surface area (Å²) in [4.78, 5) is 11.4. The SMILES string of the molecule is CC(C)(C)OC(=O)NCCS(=O)(=O)c1ccc(F)cc1. The highest BCUT2D eigenvalue weighted by Crippen LogP contribution is 2.11. The van der Waals surface area contributed by atoms with Crippen LogP contribution in [0, 0.1) is 5.82 Å². The number of rotatable bonds is 4. The van der Waals surface area contributed by atoms with Gasteiger partial charge in [0.2, 0.25) is 0 Å². The summed E-state index contributed by atoms with van der Waals surface area (Å²) in [5.41, 5.74) is -0.639. The second kappa shape index (κ2) is 6.21. The molecule has 0 saturated carbocycles. The summed E-state index contributed by atoms with van der Waals surface area (Å²) in [6.45, 7) is 5.06. The minimum Gasteiger partial charge on any atom is -0.444 e. The molecule has 0 aliphatic carbocycles. The molecule has 0 bridgehead atoms. The van der Waals surface area contributed by atoms with Gasteiger partial charge in [-0.2, -0.15) is 0 Å². The van der Waals surface area contributed by atoms with E-state index in [0.717, 1.165) is 12.1 Å². The molecule has 0 radical (unpaired) electrons. The summed E-state index contributed by atoms with van der Waals surface area (Å²) >= 11 is 0. The number of ether oxygens (including phenoxy) is 1. The van der Waals surface area contributed by atoms with Crippen LogP contribution in [0.2, 0.25) is 0 Å². The van der Waals surface area contributed by atoms with Crippen molar-refractivity contribution in [2.75, 3.05) is 12.3 Å². The molecular weight excluding hydrogens is 285 g/mol. The average Bonchev–Trinajstić information content (AvgIpc) is 2.26. The highest BCUT2D eigenvalue weighted by molar-refractivity contribution is 7.91. The van der Waals surface area contributed by atoms with Gasteiger partial charge in [0.25, 0.3) is 0 Å². The fourth-order valence-electron chi connectivity index (χ4n) is 1.36. The Morgan fingerprint density at radius 3 is 2.30 bits per heavy atom. The van der Waals surface area contributed by atoms with Gasteiger partial charge in [-0.05, 0) is 45.0 Å². The number of hydrogen-bond acceptors (Lipinski definition) is 4. The number of halogens is 1. The second-order valence-corrected chi connectivity index (χ2v) is 7.31. The molecule has 0 aromatic heterocycles. The number of sulfone groups is 1. The standard InChI is InChI=1S/C13H18FNO4S/c1-13(2,3)19-12(16)15-8-9-20(17,18)11-6-4-10(14)5-7-11/h4-7H,8-9H2,1-3H3,(H,15,16). The average molecular weight is 303 g/mol. The quantitative estimate of drug-likeness (QED) is 0.865. The number of benzene rings is 1. The molecule has 7 heteroatoms. The Bertz CT molecular complexity index is 561. The van der Waals surface area contributed by atoms with Crippen LogP contribution in [0.1, 0.15) is 20.8 Å². The molecule has 0 fully saturated rings. The Kier molecular flexibility index (Phi) is 5.10. The maximum Gasteiger partial charge on any atom is 0.407 e. The van der Waals surface area contributed by atoms with Crippen molar-refractivity contribution in [2.24, 2.45) is 0 Å². The first-order valence-electron chi connectivity index (χ1n) is 6.05. The van der Waals surface area contributed by atoms with Crippen LogP contribution in [0.3, 0.4) is 0 Å². The van der Waals surface area contributed by atoms with Crippen molar-refractivity contribution in [2.45, 2.75) is 31.3 Å². The number of carbonyl (C=O) groups is 1. The number of hydrogen-bond donors (Lipinski definition) is 1. The molecule has 1 N–H and O–H groups in total. The molecule has 0 heterocycles. The number of carbonyl (C=O) groups excluding carboxylic acids is 1. The summed E-state index contributed by atoms with van der Waals surface area (Å²) in [6, 6.07) is 4.54. The van der Waals surface area contributed by atoms with E-state index >= 15 is 0 Å². The molecule has 20 heavy (non-hydrogen) atoms. The molecule has 5 nitrogen and oxygen atoms in total. The van der Waals surface area contributed by atoms with Crippen LogP contribution < -0.4 is 5.32 Å². The molecule has 1 amide bonds. The van der Waals surface area contributed by atoms with Gasteiger partial charge in [-0.25, -0.2) is 17.6 Å². The van der Waals surface area contributed by atoms with E-state index in [9.17, 15) is 17.6 Å². The number of amides is 1. The zero-order chi connectivity index (χ0) is 15.4. The fraction of sp³-hybridized carbons (Fsp3) is 0.462. The second-order valence-electron chi connectivity index (χ2n) is 5.20. The van der Waals surface area contributed by atoms with Crippen molar-refractivity contribution in [3.8, 4) is 0 Å². The van der Waals surface area contributed by atoms with Crippen molar-refractivity contribution < 1.29 is 22.3 Å². The molecule has 0 unspecified atom stereocenters. The maximum atomic E-state index is 12.7. The normalized spacial score (nSPS) is 12.0. The third-order valence-electron chi connectivity index (χ3n) is 2.21. The maximum absolute atomic E-state index is 12.7. The van der Waals surface area contributed by atoms with E-state index in [2.05, 4.69) is 5.32 Å². The monoisotopic (exact) mass is 303 g/mol. The third-order valence-corrected chi connectivity index (χ3v) is 3.94. The lowest BCUT2D eigenvalue weighted by atomic mass is 10.2. The Morgan fingerprint density at radius 2 is 1.80 bits per heavy atom. The largest absolute Gasteiger partial charge is 0.444 e. The summed E-state index contributed by atoms with van der Waals surface area (Å²) in [6.07, 6.45) is -0.674. The van der Waals surface area contributed by atoms with Crippen molar-refractivity contribution in [3.05, 3.63) is 30.1 Å². The minimum atomic E-state index is -3.55. The van der Waals surface area contributed by atoms with Crippen LogP contribution in [0.25, 0.3) is 0 Å². The van der Waals surface area contributed by atoms with E-state index in [1.165, 1.54) is 12.1 Å². The van der Waals surface area contributed by atoms with Gasteiger partial charge in [-0.1, -0.05) is 0 Å². The first-order valence-corrected chi connectivity index (χ1v) is 7.70. The minimum absolute atomic E-state index is 0.0184. The van der Waals surface area contributed by atoms with Crippen LogP contribution >= 0.6 is 0 Å². The predicted octanol–water partition coefficient (Wildman–Crippen LogP) is 2.12. The van der Waals surface area contributed by atoms with Gasteiger partial charge in [-0.15, -0.1) is 0 Å². The molecule has 0 aliphatic heterocycles. The van der Waals surface area contributed by atoms with Gasteiger partial charge >= 0.3 is 6.09 Å². The number of nitrogens with one attached hydrogen (secondary N) is 1. The topological polar surface area (TPSA) is 72.5 Å². The molecular formula is C13H18FNO4S. The zero-order valence-electron chi connectivity index (χ0n) is 11.6. The molecule has 0 atom stereocenters. The highest BCUT2D eigenvalue weighted by Gasteiger charge is 2.18. The van der Waals surface area contributed by atoms with E-state index < -0.39 is 27.3 Å². The molecule has 1 aromatic rings. The first-order chi connectivity index (χ1) is 9.10. The molecule has 112 valence electrons. The van der Waals surface area contributed by atoms with Crippen LogP contribution in [0.5, 0.6) is 0 Å². The molecule has 0 saturated heterocycles. The lowest BCUT2D eigenvalue weighted by Crippen LogP contribution is -2.35. The number of alkyl carbamates (subject to hydrolysis) is 1. The van der Waals surface area contributed by atoms with Crippen LogP contribution in [-0.4, -0.2) is 32.4 Å². The van der Waals surface area contributed by atoms with Crippen LogP contribution in [0.15, 0.2) is 29.2 Å². The van der Waals surface area contributed by atoms with Gasteiger partial charge in [0.1, 0.15) is 11.4 Å². The van der Waals surface area contributed by atoms with E-state index in [4.69, 9.17) is 4.74 Å². The van der Waals surface area contributed by atoms with Gasteiger partial charge in [0.05, 0.1) is 10.6 Å². The highest BCUT2D eigenvalue weighted by atomic mass is 32.2. The Labute approximate surface area is 118 Å². The lowest BCUT2D eigenvalue weighted by Gasteiger charge is -2.19. The molecule has 0 aliphatic rings. The van der Waals surface area contributed by atoms with Gasteiger partial charge < -0.3 is 10.1 Å². The Hall–Kier alpha value is -1.63. The van der Waals surface area contributed by atoms with Gasteiger partial charge in [0, 0.05) is 6.54 Å². The molecule has 1 aromatic carbocycles. The molecule has 1 rings (SSSR count).